The molecule has 1 aromatic heterocycles. The number of carbonyl (C=O) groups is 1. The largest absolute Gasteiger partial charge is 0.496 e. The van der Waals surface area contributed by atoms with Crippen LogP contribution in [0.3, 0.4) is 0 Å². The van der Waals surface area contributed by atoms with Gasteiger partial charge in [-0.3, -0.25) is 4.79 Å². The van der Waals surface area contributed by atoms with Gasteiger partial charge in [-0.1, -0.05) is 13.8 Å². The van der Waals surface area contributed by atoms with Crippen molar-refractivity contribution in [2.24, 2.45) is 5.41 Å². The summed E-state index contributed by atoms with van der Waals surface area (Å²) in [5.41, 5.74) is 1.07. The highest BCUT2D eigenvalue weighted by Crippen LogP contribution is 2.40. The Morgan fingerprint density at radius 1 is 1.22 bits per heavy atom. The normalized spacial score (nSPS) is 17.8. The van der Waals surface area contributed by atoms with E-state index >= 15 is 0 Å². The minimum absolute atomic E-state index is 0.0581. The molecule has 1 aliphatic carbocycles. The van der Waals surface area contributed by atoms with Crippen LogP contribution >= 0.6 is 0 Å². The number of benzene rings is 1. The standard InChI is InChI=1S/C20H23F2N3O2/c1-11-15(27-4)10-17(23-14-8-12(21)7-13(22)9-14)25-18(11)19(26)24-16-5-6-20(16,2)3/h7-10,16H,5-6H2,1-4H3,(H,23,25)(H,24,26). The molecule has 5 nitrogen and oxygen atoms in total. The van der Waals surface area contributed by atoms with Crippen molar-refractivity contribution >= 4 is 17.4 Å². The molecule has 0 bridgehead atoms. The lowest BCUT2D eigenvalue weighted by Crippen LogP contribution is -2.52. The molecule has 0 spiro atoms. The maximum Gasteiger partial charge on any atom is 0.270 e. The molecule has 1 fully saturated rings. The summed E-state index contributed by atoms with van der Waals surface area (Å²) in [5, 5.41) is 5.85. The van der Waals surface area contributed by atoms with E-state index in [1.54, 1.807) is 13.0 Å². The van der Waals surface area contributed by atoms with Crippen LogP contribution in [0.1, 0.15) is 42.7 Å². The van der Waals surface area contributed by atoms with E-state index in [1.165, 1.54) is 7.11 Å². The number of aromatic nitrogens is 1. The highest BCUT2D eigenvalue weighted by Gasteiger charge is 2.39. The number of methoxy groups -OCH3 is 1. The number of rotatable bonds is 5. The zero-order chi connectivity index (χ0) is 19.8. The third-order valence-electron chi connectivity index (χ3n) is 5.12. The molecular formula is C20H23F2N3O2. The van der Waals surface area contributed by atoms with Gasteiger partial charge in [0.15, 0.2) is 0 Å². The second kappa shape index (κ2) is 7.13. The molecule has 1 heterocycles. The first kappa shape index (κ1) is 19.1. The van der Waals surface area contributed by atoms with Crippen LogP contribution < -0.4 is 15.4 Å². The van der Waals surface area contributed by atoms with Gasteiger partial charge in [-0.15, -0.1) is 0 Å². The number of hydrogen-bond donors (Lipinski definition) is 2. The summed E-state index contributed by atoms with van der Waals surface area (Å²) in [5.74, 6) is -0.982. The van der Waals surface area contributed by atoms with Crippen LogP contribution in [0.25, 0.3) is 0 Å². The molecule has 2 N–H and O–H groups in total. The van der Waals surface area contributed by atoms with Crippen molar-refractivity contribution in [1.82, 2.24) is 10.3 Å². The summed E-state index contributed by atoms with van der Waals surface area (Å²) in [6.07, 6.45) is 1.98. The number of ether oxygens (including phenoxy) is 1. The zero-order valence-electron chi connectivity index (χ0n) is 15.8. The molecule has 7 heteroatoms. The summed E-state index contributed by atoms with van der Waals surface area (Å²) < 4.78 is 32.2. The maximum absolute atomic E-state index is 13.4. The van der Waals surface area contributed by atoms with Crippen molar-refractivity contribution in [3.63, 3.8) is 0 Å². The van der Waals surface area contributed by atoms with Crippen molar-refractivity contribution in [1.29, 1.82) is 0 Å². The molecule has 144 valence electrons. The lowest BCUT2D eigenvalue weighted by molar-refractivity contribution is 0.0727. The van der Waals surface area contributed by atoms with Gasteiger partial charge in [0.25, 0.3) is 5.91 Å². The number of halogens is 2. The predicted molar refractivity (Wildman–Crippen MR) is 99.4 cm³/mol. The number of nitrogens with one attached hydrogen (secondary N) is 2. The molecule has 1 amide bonds. The van der Waals surface area contributed by atoms with Crippen molar-refractivity contribution in [3.8, 4) is 5.75 Å². The average molecular weight is 375 g/mol. The van der Waals surface area contributed by atoms with Crippen molar-refractivity contribution in [3.05, 3.63) is 47.2 Å². The summed E-state index contributed by atoms with van der Waals surface area (Å²) in [7, 11) is 1.49. The Hall–Kier alpha value is -2.70. The number of nitrogens with zero attached hydrogens (tertiary/aromatic N) is 1. The van der Waals surface area contributed by atoms with E-state index in [2.05, 4.69) is 29.5 Å². The Kier molecular flexibility index (Phi) is 5.04. The molecule has 1 unspecified atom stereocenters. The molecule has 0 radical (unpaired) electrons. The third kappa shape index (κ3) is 4.02. The molecule has 27 heavy (non-hydrogen) atoms. The van der Waals surface area contributed by atoms with E-state index in [0.717, 1.165) is 31.0 Å². The van der Waals surface area contributed by atoms with Gasteiger partial charge in [0.2, 0.25) is 0 Å². The van der Waals surface area contributed by atoms with E-state index in [1.807, 2.05) is 0 Å². The van der Waals surface area contributed by atoms with Crippen molar-refractivity contribution < 1.29 is 18.3 Å². The van der Waals surface area contributed by atoms with Crippen LogP contribution in [-0.4, -0.2) is 24.0 Å². The molecular weight excluding hydrogens is 352 g/mol. The van der Waals surface area contributed by atoms with Gasteiger partial charge in [-0.2, -0.15) is 0 Å². The topological polar surface area (TPSA) is 63.2 Å². The maximum atomic E-state index is 13.4. The molecule has 2 aromatic rings. The van der Waals surface area contributed by atoms with Gasteiger partial charge < -0.3 is 15.4 Å². The monoisotopic (exact) mass is 375 g/mol. The van der Waals surface area contributed by atoms with E-state index < -0.39 is 11.6 Å². The van der Waals surface area contributed by atoms with Crippen LogP contribution in [0, 0.1) is 24.0 Å². The number of pyridine rings is 1. The highest BCUT2D eigenvalue weighted by molar-refractivity contribution is 5.95. The minimum atomic E-state index is -0.707. The second-order valence-electron chi connectivity index (χ2n) is 7.52. The molecule has 1 aliphatic rings. The Morgan fingerprint density at radius 3 is 2.41 bits per heavy atom. The van der Waals surface area contributed by atoms with E-state index in [-0.39, 0.29) is 34.6 Å². The fourth-order valence-electron chi connectivity index (χ4n) is 3.22. The highest BCUT2D eigenvalue weighted by atomic mass is 19.1. The quantitative estimate of drug-likeness (QED) is 0.816. The lowest BCUT2D eigenvalue weighted by atomic mass is 9.67. The summed E-state index contributed by atoms with van der Waals surface area (Å²) in [6, 6.07) is 4.75. The Bertz CT molecular complexity index is 864. The number of carbonyl (C=O) groups excluding carboxylic acids is 1. The number of amides is 1. The van der Waals surface area contributed by atoms with E-state index in [9.17, 15) is 13.6 Å². The predicted octanol–water partition coefficient (Wildman–Crippen LogP) is 4.34. The van der Waals surface area contributed by atoms with Gasteiger partial charge in [0, 0.05) is 29.4 Å². The molecule has 3 rings (SSSR count). The first-order valence-electron chi connectivity index (χ1n) is 8.79. The summed E-state index contributed by atoms with van der Waals surface area (Å²) in [6.45, 7) is 5.97. The molecule has 0 aliphatic heterocycles. The van der Waals surface area contributed by atoms with Gasteiger partial charge in [0.1, 0.15) is 28.9 Å². The lowest BCUT2D eigenvalue weighted by Gasteiger charge is -2.44. The molecule has 1 atom stereocenters. The van der Waals surface area contributed by atoms with E-state index in [0.29, 0.717) is 11.3 Å². The minimum Gasteiger partial charge on any atom is -0.496 e. The molecule has 1 saturated carbocycles. The first-order chi connectivity index (χ1) is 12.7. The zero-order valence-corrected chi connectivity index (χ0v) is 15.8. The van der Waals surface area contributed by atoms with Crippen LogP contribution in [0.4, 0.5) is 20.3 Å². The fourth-order valence-corrected chi connectivity index (χ4v) is 3.22. The Balaban J connectivity index is 1.89. The smallest absolute Gasteiger partial charge is 0.270 e. The van der Waals surface area contributed by atoms with Gasteiger partial charge in [-0.25, -0.2) is 13.8 Å². The second-order valence-corrected chi connectivity index (χ2v) is 7.52. The van der Waals surface area contributed by atoms with Crippen LogP contribution in [0.2, 0.25) is 0 Å². The van der Waals surface area contributed by atoms with Crippen molar-refractivity contribution in [2.45, 2.75) is 39.7 Å². The average Bonchev–Trinajstić information content (AvgIpc) is 2.59. The van der Waals surface area contributed by atoms with E-state index in [4.69, 9.17) is 4.74 Å². The SMILES string of the molecule is COc1cc(Nc2cc(F)cc(F)c2)nc(C(=O)NC2CCC2(C)C)c1C. The summed E-state index contributed by atoms with van der Waals surface area (Å²) >= 11 is 0. The Labute approximate surface area is 157 Å². The van der Waals surface area contributed by atoms with Crippen LogP contribution in [0.5, 0.6) is 5.75 Å². The Morgan fingerprint density at radius 2 is 1.89 bits per heavy atom. The molecule has 0 saturated heterocycles. The third-order valence-corrected chi connectivity index (χ3v) is 5.12. The van der Waals surface area contributed by atoms with Gasteiger partial charge in [-0.05, 0) is 37.3 Å². The molecule has 1 aromatic carbocycles. The first-order valence-corrected chi connectivity index (χ1v) is 8.79. The van der Waals surface area contributed by atoms with Crippen LogP contribution in [0.15, 0.2) is 24.3 Å². The van der Waals surface area contributed by atoms with Gasteiger partial charge in [0.05, 0.1) is 7.11 Å². The summed E-state index contributed by atoms with van der Waals surface area (Å²) in [4.78, 5) is 17.1. The fraction of sp³-hybridized carbons (Fsp3) is 0.400. The van der Waals surface area contributed by atoms with Crippen LogP contribution in [-0.2, 0) is 0 Å². The number of hydrogen-bond acceptors (Lipinski definition) is 4. The van der Waals surface area contributed by atoms with Gasteiger partial charge >= 0.3 is 0 Å². The van der Waals surface area contributed by atoms with Crippen molar-refractivity contribution in [2.75, 3.05) is 12.4 Å². The number of anilines is 2.